The molecule has 0 unspecified atom stereocenters. The molecule has 0 spiro atoms. The molecule has 0 bridgehead atoms. The molecule has 0 aliphatic carbocycles. The molecule has 0 saturated heterocycles. The second-order valence-electron chi connectivity index (χ2n) is 3.87. The van der Waals surface area contributed by atoms with Gasteiger partial charge in [0.2, 0.25) is 17.1 Å². The predicted octanol–water partition coefficient (Wildman–Crippen LogP) is 0.502. The van der Waals surface area contributed by atoms with Crippen LogP contribution in [-0.2, 0) is 20.2 Å². The average Bonchev–Trinajstić information content (AvgIpc) is 2.69. The second-order valence-corrected chi connectivity index (χ2v) is 6.61. The van der Waals surface area contributed by atoms with Gasteiger partial charge in [-0.2, -0.15) is 16.8 Å². The number of hydrogen-bond donors (Lipinski definition) is 2. The Balaban J connectivity index is 3.35. The fourth-order valence-electron chi connectivity index (χ4n) is 1.29. The zero-order valence-corrected chi connectivity index (χ0v) is 12.0. The summed E-state index contributed by atoms with van der Waals surface area (Å²) in [6.07, 6.45) is 1.92. The van der Waals surface area contributed by atoms with E-state index in [1.165, 1.54) is 0 Å². The van der Waals surface area contributed by atoms with Crippen LogP contribution >= 0.6 is 0 Å². The van der Waals surface area contributed by atoms with Gasteiger partial charge >= 0.3 is 10.1 Å². The normalized spacial score (nSPS) is 13.7. The van der Waals surface area contributed by atoms with E-state index in [0.717, 1.165) is 0 Å². The van der Waals surface area contributed by atoms with E-state index in [4.69, 9.17) is 9.11 Å². The summed E-state index contributed by atoms with van der Waals surface area (Å²) < 4.78 is 66.5. The lowest BCUT2D eigenvalue weighted by atomic mass is 10.3. The minimum absolute atomic E-state index is 0.0311. The van der Waals surface area contributed by atoms with Gasteiger partial charge in [-0.1, -0.05) is 13.3 Å². The van der Waals surface area contributed by atoms with Gasteiger partial charge in [0.15, 0.2) is 6.54 Å². The molecular formula is C9H13NO8S2. The van der Waals surface area contributed by atoms with E-state index in [-0.39, 0.29) is 6.54 Å². The summed E-state index contributed by atoms with van der Waals surface area (Å²) in [5.74, 6) is -0.675. The van der Waals surface area contributed by atoms with Gasteiger partial charge in [-0.05, 0) is 0 Å². The lowest BCUT2D eigenvalue weighted by Gasteiger charge is -2.01. The summed E-state index contributed by atoms with van der Waals surface area (Å²) >= 11 is 0. The first-order chi connectivity index (χ1) is 9.05. The largest absolute Gasteiger partial charge is 0.624 e. The number of unbranched alkanes of at least 4 members (excludes halogenated alkanes) is 1. The van der Waals surface area contributed by atoms with Crippen molar-refractivity contribution < 1.29 is 35.1 Å². The van der Waals surface area contributed by atoms with Crippen molar-refractivity contribution in [3.8, 4) is 0 Å². The highest BCUT2D eigenvalue weighted by molar-refractivity contribution is 7.86. The molecule has 1 aromatic heterocycles. The van der Waals surface area contributed by atoms with E-state index < -0.39 is 36.0 Å². The Hall–Kier alpha value is -1.43. The number of hydroxylamine groups is 1. The molecule has 0 fully saturated rings. The van der Waals surface area contributed by atoms with Crippen molar-refractivity contribution in [2.75, 3.05) is 6.54 Å². The third kappa shape index (κ3) is 4.30. The fourth-order valence-corrected chi connectivity index (χ4v) is 2.44. The minimum Gasteiger partial charge on any atom is -0.624 e. The van der Waals surface area contributed by atoms with Gasteiger partial charge in [0.1, 0.15) is 4.90 Å². The Morgan fingerprint density at radius 2 is 1.90 bits per heavy atom. The van der Waals surface area contributed by atoms with Gasteiger partial charge in [-0.25, -0.2) is 4.74 Å². The van der Waals surface area contributed by atoms with Crippen molar-refractivity contribution in [1.29, 1.82) is 0 Å². The van der Waals surface area contributed by atoms with E-state index in [2.05, 4.69) is 4.42 Å². The Labute approximate surface area is 115 Å². The molecule has 114 valence electrons. The molecule has 20 heavy (non-hydrogen) atoms. The van der Waals surface area contributed by atoms with Gasteiger partial charge in [-0.3, -0.25) is 9.11 Å². The van der Waals surface area contributed by atoms with Gasteiger partial charge in [0.05, 0.1) is 0 Å². The summed E-state index contributed by atoms with van der Waals surface area (Å²) in [5, 5.41) is 10.3. The Kier molecular flexibility index (Phi) is 4.91. The topological polar surface area (TPSA) is 148 Å². The summed E-state index contributed by atoms with van der Waals surface area (Å²) in [7, 11) is -9.61. The highest BCUT2D eigenvalue weighted by Crippen LogP contribution is 2.22. The molecule has 0 aliphatic rings. The third-order valence-electron chi connectivity index (χ3n) is 2.23. The maximum Gasteiger partial charge on any atom is 0.328 e. The van der Waals surface area contributed by atoms with Gasteiger partial charge in [0.25, 0.3) is 10.1 Å². The maximum absolute atomic E-state index is 11.4. The standard InChI is InChI=1S/C9H13NO8S2/c1-2-3-4-10(11)6-7-8(19(12,13)14)5-9(18-7)20(15,16)17/h5-6H,2-4H2,1H3,(H,12,13,14)(H,15,16,17). The number of furan rings is 1. The first-order valence-electron chi connectivity index (χ1n) is 5.43. The van der Waals surface area contributed by atoms with Crippen LogP contribution in [0, 0.1) is 5.21 Å². The van der Waals surface area contributed by atoms with Crippen LogP contribution in [0.1, 0.15) is 25.5 Å². The first kappa shape index (κ1) is 16.6. The van der Waals surface area contributed by atoms with Crippen molar-refractivity contribution in [3.05, 3.63) is 17.0 Å². The monoisotopic (exact) mass is 327 g/mol. The van der Waals surface area contributed by atoms with Gasteiger partial charge in [0, 0.05) is 12.5 Å². The quantitative estimate of drug-likeness (QED) is 0.252. The molecule has 2 N–H and O–H groups in total. The summed E-state index contributed by atoms with van der Waals surface area (Å²) in [6, 6.07) is 0.421. The van der Waals surface area contributed by atoms with Crippen molar-refractivity contribution in [2.24, 2.45) is 0 Å². The van der Waals surface area contributed by atoms with E-state index in [0.29, 0.717) is 29.9 Å². The molecule has 9 nitrogen and oxygen atoms in total. The van der Waals surface area contributed by atoms with Crippen LogP contribution in [0.2, 0.25) is 0 Å². The molecule has 0 saturated carbocycles. The zero-order valence-electron chi connectivity index (χ0n) is 10.4. The highest BCUT2D eigenvalue weighted by Gasteiger charge is 2.27. The Morgan fingerprint density at radius 1 is 1.30 bits per heavy atom. The number of hydrogen-bond acceptors (Lipinski definition) is 6. The smallest absolute Gasteiger partial charge is 0.328 e. The Bertz CT molecular complexity index is 713. The van der Waals surface area contributed by atoms with Crippen LogP contribution in [0.15, 0.2) is 20.5 Å². The predicted molar refractivity (Wildman–Crippen MR) is 66.9 cm³/mol. The van der Waals surface area contributed by atoms with E-state index in [9.17, 15) is 22.0 Å². The fraction of sp³-hybridized carbons (Fsp3) is 0.444. The Morgan fingerprint density at radius 3 is 2.35 bits per heavy atom. The average molecular weight is 327 g/mol. The number of nitrogens with zero attached hydrogens (tertiary/aromatic N) is 1. The van der Waals surface area contributed by atoms with Crippen LogP contribution in [0.4, 0.5) is 0 Å². The van der Waals surface area contributed by atoms with Crippen molar-refractivity contribution in [3.63, 3.8) is 0 Å². The van der Waals surface area contributed by atoms with Gasteiger partial charge in [-0.15, -0.1) is 0 Å². The molecular weight excluding hydrogens is 314 g/mol. The lowest BCUT2D eigenvalue weighted by Crippen LogP contribution is -2.09. The number of rotatable bonds is 6. The van der Waals surface area contributed by atoms with Gasteiger partial charge < -0.3 is 9.62 Å². The van der Waals surface area contributed by atoms with Crippen LogP contribution in [0.5, 0.6) is 0 Å². The molecule has 1 rings (SSSR count). The van der Waals surface area contributed by atoms with Crippen molar-refractivity contribution in [2.45, 2.75) is 29.8 Å². The molecule has 0 amide bonds. The van der Waals surface area contributed by atoms with E-state index in [1.807, 2.05) is 6.92 Å². The maximum atomic E-state index is 11.4. The van der Waals surface area contributed by atoms with Crippen LogP contribution in [0.3, 0.4) is 0 Å². The van der Waals surface area contributed by atoms with Crippen molar-refractivity contribution in [1.82, 2.24) is 0 Å². The summed E-state index contributed by atoms with van der Waals surface area (Å²) in [4.78, 5) is -0.914. The molecule has 1 heterocycles. The molecule has 0 radical (unpaired) electrons. The molecule has 0 aliphatic heterocycles. The van der Waals surface area contributed by atoms with Crippen molar-refractivity contribution >= 4 is 26.5 Å². The zero-order chi connectivity index (χ0) is 15.6. The van der Waals surface area contributed by atoms with Crippen LogP contribution in [-0.4, -0.2) is 43.4 Å². The lowest BCUT2D eigenvalue weighted by molar-refractivity contribution is -0.453. The van der Waals surface area contributed by atoms with E-state index in [1.54, 1.807) is 0 Å². The SMILES string of the molecule is CCCC[N+]([O-])=Cc1oc(S(=O)(=O)O)cc1S(=O)(=O)O. The van der Waals surface area contributed by atoms with Crippen LogP contribution < -0.4 is 0 Å². The molecule has 0 aromatic carbocycles. The minimum atomic E-state index is -4.81. The molecule has 0 atom stereocenters. The molecule has 11 heteroatoms. The summed E-state index contributed by atoms with van der Waals surface area (Å²) in [5.41, 5.74) is 0. The second kappa shape index (κ2) is 5.91. The third-order valence-corrected chi connectivity index (χ3v) is 3.81. The highest BCUT2D eigenvalue weighted by atomic mass is 32.2. The van der Waals surface area contributed by atoms with Crippen LogP contribution in [0.25, 0.3) is 0 Å². The van der Waals surface area contributed by atoms with E-state index >= 15 is 0 Å². The first-order valence-corrected chi connectivity index (χ1v) is 8.31. The molecule has 1 aromatic rings. The summed E-state index contributed by atoms with van der Waals surface area (Å²) in [6.45, 7) is 1.87.